The van der Waals surface area contributed by atoms with Crippen molar-refractivity contribution in [3.05, 3.63) is 98.0 Å². The quantitative estimate of drug-likeness (QED) is 0.454. The molecular weight excluding hydrogens is 418 g/mol. The van der Waals surface area contributed by atoms with Crippen LogP contribution in [0.25, 0.3) is 11.0 Å². The molecule has 31 heavy (non-hydrogen) atoms. The van der Waals surface area contributed by atoms with Gasteiger partial charge >= 0.3 is 11.1 Å². The SMILES string of the molecule is CCn1c(=O)c(=O)[nH]c2cc(C(=O)Nc3ccc(Oc4ccccc4Cl)cc3)ccc21. The Kier molecular flexibility index (Phi) is 5.60. The molecule has 156 valence electrons. The van der Waals surface area contributed by atoms with Crippen molar-refractivity contribution in [3.63, 3.8) is 0 Å². The van der Waals surface area contributed by atoms with Crippen molar-refractivity contribution in [1.82, 2.24) is 9.55 Å². The van der Waals surface area contributed by atoms with Gasteiger partial charge in [0, 0.05) is 17.8 Å². The van der Waals surface area contributed by atoms with E-state index < -0.39 is 11.1 Å². The molecule has 1 amide bonds. The highest BCUT2D eigenvalue weighted by atomic mass is 35.5. The lowest BCUT2D eigenvalue weighted by molar-refractivity contribution is 0.102. The van der Waals surface area contributed by atoms with Crippen LogP contribution in [0, 0.1) is 0 Å². The largest absolute Gasteiger partial charge is 0.456 e. The van der Waals surface area contributed by atoms with Crippen molar-refractivity contribution >= 4 is 34.2 Å². The summed E-state index contributed by atoms with van der Waals surface area (Å²) in [4.78, 5) is 39.0. The van der Waals surface area contributed by atoms with E-state index in [4.69, 9.17) is 16.3 Å². The van der Waals surface area contributed by atoms with Crippen molar-refractivity contribution in [3.8, 4) is 11.5 Å². The summed E-state index contributed by atoms with van der Waals surface area (Å²) >= 11 is 6.10. The fourth-order valence-electron chi connectivity index (χ4n) is 3.20. The third-order valence-corrected chi connectivity index (χ3v) is 5.04. The number of para-hydroxylation sites is 1. The van der Waals surface area contributed by atoms with Gasteiger partial charge in [-0.15, -0.1) is 0 Å². The van der Waals surface area contributed by atoms with Crippen LogP contribution in [0.4, 0.5) is 5.69 Å². The summed E-state index contributed by atoms with van der Waals surface area (Å²) in [6, 6.07) is 18.8. The molecule has 1 aromatic heterocycles. The zero-order valence-electron chi connectivity index (χ0n) is 16.5. The number of ether oxygens (including phenoxy) is 1. The molecular formula is C23H18ClN3O4. The number of amides is 1. The normalized spacial score (nSPS) is 10.8. The van der Waals surface area contributed by atoms with Gasteiger partial charge in [-0.3, -0.25) is 14.4 Å². The maximum Gasteiger partial charge on any atom is 0.316 e. The maximum atomic E-state index is 12.7. The number of rotatable bonds is 5. The molecule has 0 saturated carbocycles. The van der Waals surface area contributed by atoms with Crippen LogP contribution in [0.5, 0.6) is 11.5 Å². The molecule has 0 spiro atoms. The molecule has 0 aliphatic carbocycles. The summed E-state index contributed by atoms with van der Waals surface area (Å²) < 4.78 is 7.11. The predicted octanol–water partition coefficient (Wildman–Crippen LogP) is 4.41. The third kappa shape index (κ3) is 4.22. The van der Waals surface area contributed by atoms with E-state index in [1.54, 1.807) is 61.5 Å². The molecule has 0 aliphatic heterocycles. The molecule has 4 aromatic rings. The van der Waals surface area contributed by atoms with Crippen LogP contribution in [0.3, 0.4) is 0 Å². The standard InChI is InChI=1S/C23H18ClN3O4/c1-2-27-19-12-7-14(13-18(19)26-22(29)23(27)30)21(28)25-15-8-10-16(11-9-15)31-20-6-4-3-5-17(20)24/h3-13H,2H2,1H3,(H,25,28)(H,26,29). The highest BCUT2D eigenvalue weighted by Gasteiger charge is 2.11. The number of aryl methyl sites for hydroxylation is 1. The number of aromatic nitrogens is 2. The van der Waals surface area contributed by atoms with Gasteiger partial charge in [0.15, 0.2) is 0 Å². The Balaban J connectivity index is 1.53. The number of H-pyrrole nitrogens is 1. The molecule has 0 unspecified atom stereocenters. The first-order valence-electron chi connectivity index (χ1n) is 9.57. The van der Waals surface area contributed by atoms with Gasteiger partial charge in [-0.2, -0.15) is 0 Å². The molecule has 8 heteroatoms. The first-order chi connectivity index (χ1) is 15.0. The van der Waals surface area contributed by atoms with Gasteiger partial charge in [0.2, 0.25) is 0 Å². The molecule has 0 bridgehead atoms. The van der Waals surface area contributed by atoms with Crippen molar-refractivity contribution in [2.75, 3.05) is 5.32 Å². The summed E-state index contributed by atoms with van der Waals surface area (Å²) in [5.74, 6) is 0.764. The van der Waals surface area contributed by atoms with Crippen LogP contribution >= 0.6 is 11.6 Å². The first-order valence-corrected chi connectivity index (χ1v) is 9.94. The number of halogens is 1. The Morgan fingerprint density at radius 1 is 1.06 bits per heavy atom. The Bertz CT molecular complexity index is 1390. The molecule has 2 N–H and O–H groups in total. The fourth-order valence-corrected chi connectivity index (χ4v) is 3.37. The van der Waals surface area contributed by atoms with Crippen LogP contribution in [0.1, 0.15) is 17.3 Å². The number of aromatic amines is 1. The Labute approximate surface area is 181 Å². The number of nitrogens with zero attached hydrogens (tertiary/aromatic N) is 1. The summed E-state index contributed by atoms with van der Waals surface area (Å²) in [6.07, 6.45) is 0. The predicted molar refractivity (Wildman–Crippen MR) is 120 cm³/mol. The Morgan fingerprint density at radius 3 is 2.52 bits per heavy atom. The first kappa shape index (κ1) is 20.4. The minimum Gasteiger partial charge on any atom is -0.456 e. The van der Waals surface area contributed by atoms with Gasteiger partial charge in [-0.05, 0) is 61.5 Å². The Hall–Kier alpha value is -3.84. The lowest BCUT2D eigenvalue weighted by Gasteiger charge is -2.10. The van der Waals surface area contributed by atoms with Crippen LogP contribution in [-0.2, 0) is 6.54 Å². The second kappa shape index (κ2) is 8.49. The summed E-state index contributed by atoms with van der Waals surface area (Å²) in [5, 5.41) is 3.30. The molecule has 1 heterocycles. The monoisotopic (exact) mass is 435 g/mol. The minimum absolute atomic E-state index is 0.348. The number of fused-ring (bicyclic) bond motifs is 1. The van der Waals surface area contributed by atoms with E-state index in [1.807, 2.05) is 12.1 Å². The maximum absolute atomic E-state index is 12.7. The average molecular weight is 436 g/mol. The van der Waals surface area contributed by atoms with Crippen molar-refractivity contribution < 1.29 is 9.53 Å². The molecule has 0 fully saturated rings. The van der Waals surface area contributed by atoms with Gasteiger partial charge in [-0.1, -0.05) is 23.7 Å². The molecule has 0 saturated heterocycles. The molecule has 0 atom stereocenters. The van der Waals surface area contributed by atoms with E-state index in [2.05, 4.69) is 10.3 Å². The number of carbonyl (C=O) groups is 1. The molecule has 3 aromatic carbocycles. The van der Waals surface area contributed by atoms with Crippen LogP contribution in [-0.4, -0.2) is 15.5 Å². The van der Waals surface area contributed by atoms with Crippen molar-refractivity contribution in [1.29, 1.82) is 0 Å². The number of anilines is 1. The summed E-state index contributed by atoms with van der Waals surface area (Å²) in [7, 11) is 0. The van der Waals surface area contributed by atoms with Crippen molar-refractivity contribution in [2.24, 2.45) is 0 Å². The van der Waals surface area contributed by atoms with Gasteiger partial charge in [0.1, 0.15) is 11.5 Å². The van der Waals surface area contributed by atoms with E-state index in [0.717, 1.165) is 0 Å². The highest BCUT2D eigenvalue weighted by molar-refractivity contribution is 6.32. The fraction of sp³-hybridized carbons (Fsp3) is 0.0870. The zero-order valence-corrected chi connectivity index (χ0v) is 17.3. The van der Waals surface area contributed by atoms with Gasteiger partial charge in [-0.25, -0.2) is 0 Å². The summed E-state index contributed by atoms with van der Waals surface area (Å²) in [6.45, 7) is 2.13. The van der Waals surface area contributed by atoms with Crippen LogP contribution in [0.15, 0.2) is 76.3 Å². The van der Waals surface area contributed by atoms with E-state index >= 15 is 0 Å². The minimum atomic E-state index is -0.721. The molecule has 4 rings (SSSR count). The van der Waals surface area contributed by atoms with Crippen molar-refractivity contribution in [2.45, 2.75) is 13.5 Å². The van der Waals surface area contributed by atoms with Gasteiger partial charge < -0.3 is 19.6 Å². The second-order valence-corrected chi connectivity index (χ2v) is 7.15. The lowest BCUT2D eigenvalue weighted by atomic mass is 10.1. The molecule has 0 aliphatic rings. The highest BCUT2D eigenvalue weighted by Crippen LogP contribution is 2.29. The number of nitrogens with one attached hydrogen (secondary N) is 2. The number of carbonyl (C=O) groups excluding carboxylic acids is 1. The Morgan fingerprint density at radius 2 is 1.81 bits per heavy atom. The van der Waals surface area contributed by atoms with E-state index in [1.165, 1.54) is 4.57 Å². The van der Waals surface area contributed by atoms with Crippen LogP contribution < -0.4 is 21.2 Å². The van der Waals surface area contributed by atoms with E-state index in [0.29, 0.717) is 45.4 Å². The second-order valence-electron chi connectivity index (χ2n) is 6.75. The number of benzene rings is 3. The number of hydrogen-bond acceptors (Lipinski definition) is 4. The number of hydrogen-bond donors (Lipinski definition) is 2. The van der Waals surface area contributed by atoms with Crippen LogP contribution in [0.2, 0.25) is 5.02 Å². The zero-order chi connectivity index (χ0) is 22.0. The van der Waals surface area contributed by atoms with Gasteiger partial charge in [0.05, 0.1) is 16.1 Å². The molecule has 7 nitrogen and oxygen atoms in total. The topological polar surface area (TPSA) is 93.2 Å². The third-order valence-electron chi connectivity index (χ3n) is 4.73. The average Bonchev–Trinajstić information content (AvgIpc) is 2.77. The smallest absolute Gasteiger partial charge is 0.316 e. The van der Waals surface area contributed by atoms with Gasteiger partial charge in [0.25, 0.3) is 5.91 Å². The van der Waals surface area contributed by atoms with E-state index in [9.17, 15) is 14.4 Å². The lowest BCUT2D eigenvalue weighted by Crippen LogP contribution is -2.36. The molecule has 0 radical (unpaired) electrons. The van der Waals surface area contributed by atoms with E-state index in [-0.39, 0.29) is 5.91 Å². The summed E-state index contributed by atoms with van der Waals surface area (Å²) in [5.41, 5.74) is 0.559.